The zero-order valence-electron chi connectivity index (χ0n) is 12.9. The number of nitrogens with one attached hydrogen (secondary N) is 1. The van der Waals surface area contributed by atoms with E-state index >= 15 is 0 Å². The smallest absolute Gasteiger partial charge is 0.281 e. The van der Waals surface area contributed by atoms with E-state index in [-0.39, 0.29) is 18.4 Å². The van der Waals surface area contributed by atoms with E-state index in [2.05, 4.69) is 10.3 Å². The zero-order chi connectivity index (χ0) is 16.2. The Morgan fingerprint density at radius 2 is 2.09 bits per heavy atom. The van der Waals surface area contributed by atoms with Crippen LogP contribution >= 0.6 is 0 Å². The van der Waals surface area contributed by atoms with Gasteiger partial charge in [-0.15, -0.1) is 0 Å². The van der Waals surface area contributed by atoms with Gasteiger partial charge >= 0.3 is 0 Å². The van der Waals surface area contributed by atoms with Crippen LogP contribution < -0.4 is 5.32 Å². The number of aromatic nitrogens is 1. The minimum atomic E-state index is -3.46. The van der Waals surface area contributed by atoms with Crippen molar-refractivity contribution in [2.45, 2.75) is 19.4 Å². The molecule has 0 bridgehead atoms. The van der Waals surface area contributed by atoms with E-state index in [9.17, 15) is 13.2 Å². The molecule has 8 heteroatoms. The fraction of sp³-hybridized carbons (Fsp3) is 0.571. The van der Waals surface area contributed by atoms with E-state index in [1.807, 2.05) is 12.1 Å². The lowest BCUT2D eigenvalue weighted by molar-refractivity contribution is -0.126. The van der Waals surface area contributed by atoms with Crippen molar-refractivity contribution in [3.8, 4) is 0 Å². The number of carbonyl (C=O) groups excluding carboxylic acids is 1. The minimum Gasteiger partial charge on any atom is -0.352 e. The van der Waals surface area contributed by atoms with Gasteiger partial charge in [-0.05, 0) is 30.5 Å². The van der Waals surface area contributed by atoms with E-state index in [0.29, 0.717) is 25.9 Å². The summed E-state index contributed by atoms with van der Waals surface area (Å²) in [5.41, 5.74) is 0.969. The SMILES string of the molecule is CN(C)S(=O)(=O)N1CCC[C@H](C(=O)NCc2ccncc2)C1. The molecule has 1 amide bonds. The van der Waals surface area contributed by atoms with Crippen molar-refractivity contribution in [1.82, 2.24) is 18.9 Å². The molecule has 1 aromatic heterocycles. The van der Waals surface area contributed by atoms with E-state index in [4.69, 9.17) is 0 Å². The Bertz CT molecular complexity index is 604. The highest BCUT2D eigenvalue weighted by atomic mass is 32.2. The lowest BCUT2D eigenvalue weighted by Gasteiger charge is -2.32. The molecule has 22 heavy (non-hydrogen) atoms. The Balaban J connectivity index is 1.93. The van der Waals surface area contributed by atoms with Crippen molar-refractivity contribution in [2.75, 3.05) is 27.2 Å². The Morgan fingerprint density at radius 1 is 1.41 bits per heavy atom. The monoisotopic (exact) mass is 326 g/mol. The number of amides is 1. The van der Waals surface area contributed by atoms with E-state index < -0.39 is 10.2 Å². The number of pyridine rings is 1. The van der Waals surface area contributed by atoms with Crippen LogP contribution in [0.3, 0.4) is 0 Å². The summed E-state index contributed by atoms with van der Waals surface area (Å²) in [5.74, 6) is -0.402. The quantitative estimate of drug-likeness (QED) is 0.839. The van der Waals surface area contributed by atoms with Crippen LogP contribution in [0.5, 0.6) is 0 Å². The molecule has 0 aliphatic carbocycles. The molecular weight excluding hydrogens is 304 g/mol. The third kappa shape index (κ3) is 4.02. The molecule has 1 aliphatic heterocycles. The fourth-order valence-electron chi connectivity index (χ4n) is 2.43. The summed E-state index contributed by atoms with van der Waals surface area (Å²) >= 11 is 0. The molecule has 0 radical (unpaired) electrons. The summed E-state index contributed by atoms with van der Waals surface area (Å²) in [6, 6.07) is 3.67. The van der Waals surface area contributed by atoms with Crippen LogP contribution in [0.1, 0.15) is 18.4 Å². The number of hydrogen-bond donors (Lipinski definition) is 1. The third-order valence-electron chi connectivity index (χ3n) is 3.76. The maximum Gasteiger partial charge on any atom is 0.281 e. The Morgan fingerprint density at radius 3 is 2.73 bits per heavy atom. The standard InChI is InChI=1S/C14H22N4O3S/c1-17(2)22(20,21)18-9-3-4-13(11-18)14(19)16-10-12-5-7-15-8-6-12/h5-8,13H,3-4,9-11H2,1-2H3,(H,16,19)/t13-/m0/s1. The second-order valence-electron chi connectivity index (χ2n) is 5.56. The first-order valence-corrected chi connectivity index (χ1v) is 8.65. The number of carbonyl (C=O) groups is 1. The normalized spacial score (nSPS) is 20.0. The highest BCUT2D eigenvalue weighted by molar-refractivity contribution is 7.86. The van der Waals surface area contributed by atoms with E-state index in [1.54, 1.807) is 12.4 Å². The van der Waals surface area contributed by atoms with Crippen LogP contribution in [0.4, 0.5) is 0 Å². The van der Waals surface area contributed by atoms with Crippen LogP contribution in [0.15, 0.2) is 24.5 Å². The second-order valence-corrected chi connectivity index (χ2v) is 7.70. The summed E-state index contributed by atoms with van der Waals surface area (Å²) < 4.78 is 26.9. The summed E-state index contributed by atoms with van der Waals surface area (Å²) in [7, 11) is -0.450. The number of rotatable bonds is 5. The van der Waals surface area contributed by atoms with Crippen molar-refractivity contribution >= 4 is 16.1 Å². The second kappa shape index (κ2) is 7.17. The zero-order valence-corrected chi connectivity index (χ0v) is 13.7. The van der Waals surface area contributed by atoms with Crippen LogP contribution in [0.25, 0.3) is 0 Å². The van der Waals surface area contributed by atoms with Crippen LogP contribution in [0, 0.1) is 5.92 Å². The summed E-state index contributed by atoms with van der Waals surface area (Å²) in [5, 5.41) is 2.87. The molecule has 0 aromatic carbocycles. The predicted molar refractivity (Wildman–Crippen MR) is 83.0 cm³/mol. The van der Waals surface area contributed by atoms with Gasteiger partial charge in [0, 0.05) is 46.1 Å². The van der Waals surface area contributed by atoms with E-state index in [0.717, 1.165) is 5.56 Å². The Kier molecular flexibility index (Phi) is 5.49. The fourth-order valence-corrected chi connectivity index (χ4v) is 3.62. The van der Waals surface area contributed by atoms with Gasteiger partial charge in [0.15, 0.2) is 0 Å². The van der Waals surface area contributed by atoms with Crippen LogP contribution in [0.2, 0.25) is 0 Å². The molecule has 0 saturated carbocycles. The van der Waals surface area contributed by atoms with Gasteiger partial charge in [0.2, 0.25) is 5.91 Å². The molecule has 1 atom stereocenters. The summed E-state index contributed by atoms with van der Waals surface area (Å²) in [6.07, 6.45) is 4.75. The summed E-state index contributed by atoms with van der Waals surface area (Å²) in [6.45, 7) is 1.13. The number of piperidine rings is 1. The lowest BCUT2D eigenvalue weighted by Crippen LogP contribution is -2.48. The largest absolute Gasteiger partial charge is 0.352 e. The molecule has 1 aliphatic rings. The van der Waals surface area contributed by atoms with Gasteiger partial charge in [0.25, 0.3) is 10.2 Å². The van der Waals surface area contributed by atoms with Crippen molar-refractivity contribution in [1.29, 1.82) is 0 Å². The molecule has 0 unspecified atom stereocenters. The average molecular weight is 326 g/mol. The first-order valence-electron chi connectivity index (χ1n) is 7.25. The predicted octanol–water partition coefficient (Wildman–Crippen LogP) is 0.216. The molecule has 122 valence electrons. The van der Waals surface area contributed by atoms with Crippen LogP contribution in [-0.2, 0) is 21.5 Å². The van der Waals surface area contributed by atoms with Crippen molar-refractivity contribution in [2.24, 2.45) is 5.92 Å². The van der Waals surface area contributed by atoms with Crippen molar-refractivity contribution in [3.05, 3.63) is 30.1 Å². The van der Waals surface area contributed by atoms with Gasteiger partial charge < -0.3 is 5.32 Å². The molecule has 0 spiro atoms. The highest BCUT2D eigenvalue weighted by Gasteiger charge is 2.33. The van der Waals surface area contributed by atoms with Crippen molar-refractivity contribution < 1.29 is 13.2 Å². The van der Waals surface area contributed by atoms with Gasteiger partial charge in [0.1, 0.15) is 0 Å². The number of hydrogen-bond acceptors (Lipinski definition) is 4. The topological polar surface area (TPSA) is 82.6 Å². The molecule has 7 nitrogen and oxygen atoms in total. The average Bonchev–Trinajstić information content (AvgIpc) is 2.53. The molecule has 1 N–H and O–H groups in total. The first-order chi connectivity index (χ1) is 10.4. The molecule has 1 fully saturated rings. The Hall–Kier alpha value is -1.51. The van der Waals surface area contributed by atoms with Crippen molar-refractivity contribution in [3.63, 3.8) is 0 Å². The lowest BCUT2D eigenvalue weighted by atomic mass is 9.99. The first kappa shape index (κ1) is 16.9. The van der Waals surface area contributed by atoms with Gasteiger partial charge in [-0.1, -0.05) is 0 Å². The molecular formula is C14H22N4O3S. The summed E-state index contributed by atoms with van der Waals surface area (Å²) in [4.78, 5) is 16.2. The molecule has 2 rings (SSSR count). The molecule has 1 aromatic rings. The minimum absolute atomic E-state index is 0.101. The van der Waals surface area contributed by atoms with Gasteiger partial charge in [-0.25, -0.2) is 0 Å². The molecule has 1 saturated heterocycles. The Labute approximate surface area is 131 Å². The third-order valence-corrected chi connectivity index (χ3v) is 5.67. The van der Waals surface area contributed by atoms with E-state index in [1.165, 1.54) is 22.7 Å². The van der Waals surface area contributed by atoms with Gasteiger partial charge in [-0.2, -0.15) is 17.0 Å². The van der Waals surface area contributed by atoms with Gasteiger partial charge in [-0.3, -0.25) is 9.78 Å². The maximum atomic E-state index is 12.3. The number of nitrogens with zero attached hydrogens (tertiary/aromatic N) is 3. The van der Waals surface area contributed by atoms with Gasteiger partial charge in [0.05, 0.1) is 5.92 Å². The maximum absolute atomic E-state index is 12.3. The molecule has 2 heterocycles. The highest BCUT2D eigenvalue weighted by Crippen LogP contribution is 2.20. The van der Waals surface area contributed by atoms with Crippen LogP contribution in [-0.4, -0.2) is 55.1 Å².